The molecule has 2 fully saturated rings. The molecule has 0 radical (unpaired) electrons. The molecule has 3 heterocycles. The SMILES string of the molecule is CN1CCOC2CCN(C(=O)c3cc(C#N)cn3C)CC21. The predicted octanol–water partition coefficient (Wildman–Crippen LogP) is 0.442. The molecular weight excluding hydrogens is 268 g/mol. The molecule has 0 aliphatic carbocycles. The van der Waals surface area contributed by atoms with E-state index in [9.17, 15) is 4.79 Å². The molecule has 0 saturated carbocycles. The molecule has 2 unspecified atom stereocenters. The number of carbonyl (C=O) groups is 1. The fourth-order valence-electron chi connectivity index (χ4n) is 3.23. The molecule has 6 nitrogen and oxygen atoms in total. The van der Waals surface area contributed by atoms with Crippen molar-refractivity contribution in [3.05, 3.63) is 23.5 Å². The minimum atomic E-state index is -0.00331. The van der Waals surface area contributed by atoms with Gasteiger partial charge in [-0.3, -0.25) is 9.69 Å². The van der Waals surface area contributed by atoms with Crippen LogP contribution >= 0.6 is 0 Å². The number of fused-ring (bicyclic) bond motifs is 1. The lowest BCUT2D eigenvalue weighted by Crippen LogP contribution is -2.59. The molecule has 3 rings (SSSR count). The molecule has 21 heavy (non-hydrogen) atoms. The van der Waals surface area contributed by atoms with Crippen molar-refractivity contribution in [1.29, 1.82) is 5.26 Å². The number of aryl methyl sites for hydroxylation is 1. The van der Waals surface area contributed by atoms with E-state index >= 15 is 0 Å². The highest BCUT2D eigenvalue weighted by atomic mass is 16.5. The van der Waals surface area contributed by atoms with Gasteiger partial charge in [-0.1, -0.05) is 0 Å². The Hall–Kier alpha value is -1.84. The summed E-state index contributed by atoms with van der Waals surface area (Å²) in [5.74, 6) is -0.00331. The summed E-state index contributed by atoms with van der Waals surface area (Å²) in [6.45, 7) is 3.08. The maximum Gasteiger partial charge on any atom is 0.270 e. The van der Waals surface area contributed by atoms with E-state index < -0.39 is 0 Å². The van der Waals surface area contributed by atoms with Crippen molar-refractivity contribution in [3.8, 4) is 6.07 Å². The Bertz CT molecular complexity index is 589. The van der Waals surface area contributed by atoms with Gasteiger partial charge in [0.1, 0.15) is 11.8 Å². The van der Waals surface area contributed by atoms with Crippen LogP contribution in [0.2, 0.25) is 0 Å². The fourth-order valence-corrected chi connectivity index (χ4v) is 3.23. The Morgan fingerprint density at radius 3 is 2.95 bits per heavy atom. The zero-order valence-corrected chi connectivity index (χ0v) is 12.5. The number of hydrogen-bond donors (Lipinski definition) is 0. The largest absolute Gasteiger partial charge is 0.375 e. The van der Waals surface area contributed by atoms with Gasteiger partial charge in [-0.2, -0.15) is 5.26 Å². The number of carbonyl (C=O) groups excluding carboxylic acids is 1. The number of likely N-dealkylation sites (N-methyl/N-ethyl adjacent to an activating group) is 1. The Kier molecular flexibility index (Phi) is 3.70. The Morgan fingerprint density at radius 1 is 1.43 bits per heavy atom. The average molecular weight is 288 g/mol. The normalized spacial score (nSPS) is 26.2. The monoisotopic (exact) mass is 288 g/mol. The van der Waals surface area contributed by atoms with Crippen molar-refractivity contribution in [2.75, 3.05) is 33.3 Å². The van der Waals surface area contributed by atoms with Gasteiger partial charge >= 0.3 is 0 Å². The van der Waals surface area contributed by atoms with Crippen LogP contribution in [0.5, 0.6) is 0 Å². The van der Waals surface area contributed by atoms with Crippen LogP contribution < -0.4 is 0 Å². The molecule has 2 atom stereocenters. The van der Waals surface area contributed by atoms with Gasteiger partial charge in [-0.15, -0.1) is 0 Å². The lowest BCUT2D eigenvalue weighted by Gasteiger charge is -2.45. The summed E-state index contributed by atoms with van der Waals surface area (Å²) < 4.78 is 7.53. The Labute approximate surface area is 124 Å². The van der Waals surface area contributed by atoms with Gasteiger partial charge in [0.15, 0.2) is 0 Å². The van der Waals surface area contributed by atoms with Gasteiger partial charge in [0.25, 0.3) is 5.91 Å². The summed E-state index contributed by atoms with van der Waals surface area (Å²) in [5.41, 5.74) is 1.10. The van der Waals surface area contributed by atoms with Crippen LogP contribution in [0.3, 0.4) is 0 Å². The van der Waals surface area contributed by atoms with E-state index in [0.29, 0.717) is 24.3 Å². The van der Waals surface area contributed by atoms with E-state index in [1.165, 1.54) is 0 Å². The van der Waals surface area contributed by atoms with Gasteiger partial charge in [0, 0.05) is 32.9 Å². The molecular formula is C15H20N4O2. The summed E-state index contributed by atoms with van der Waals surface area (Å²) in [4.78, 5) is 16.8. The first-order chi connectivity index (χ1) is 10.1. The van der Waals surface area contributed by atoms with Crippen molar-refractivity contribution in [2.24, 2.45) is 7.05 Å². The fraction of sp³-hybridized carbons (Fsp3) is 0.600. The number of hydrogen-bond acceptors (Lipinski definition) is 4. The lowest BCUT2D eigenvalue weighted by molar-refractivity contribution is -0.0894. The highest BCUT2D eigenvalue weighted by molar-refractivity contribution is 5.93. The molecule has 0 N–H and O–H groups in total. The van der Waals surface area contributed by atoms with Gasteiger partial charge in [-0.25, -0.2) is 0 Å². The van der Waals surface area contributed by atoms with Crippen LogP contribution in [0.1, 0.15) is 22.5 Å². The maximum atomic E-state index is 12.7. The minimum Gasteiger partial charge on any atom is -0.375 e. The van der Waals surface area contributed by atoms with E-state index in [0.717, 1.165) is 19.6 Å². The van der Waals surface area contributed by atoms with Crippen molar-refractivity contribution in [2.45, 2.75) is 18.6 Å². The van der Waals surface area contributed by atoms with Crippen LogP contribution in [0.25, 0.3) is 0 Å². The molecule has 6 heteroatoms. The van der Waals surface area contributed by atoms with Crippen LogP contribution in [-0.2, 0) is 11.8 Å². The van der Waals surface area contributed by atoms with Crippen molar-refractivity contribution < 1.29 is 9.53 Å². The average Bonchev–Trinajstić information content (AvgIpc) is 2.88. The molecule has 0 bridgehead atoms. The van der Waals surface area contributed by atoms with Gasteiger partial charge < -0.3 is 14.2 Å². The quantitative estimate of drug-likeness (QED) is 0.752. The van der Waals surface area contributed by atoms with E-state index in [4.69, 9.17) is 10.00 Å². The predicted molar refractivity (Wildman–Crippen MR) is 76.8 cm³/mol. The highest BCUT2D eigenvalue weighted by Gasteiger charge is 2.37. The molecule has 2 saturated heterocycles. The second-order valence-electron chi connectivity index (χ2n) is 5.83. The number of aromatic nitrogens is 1. The number of likely N-dealkylation sites (tertiary alicyclic amines) is 1. The third-order valence-corrected chi connectivity index (χ3v) is 4.50. The molecule has 1 amide bonds. The standard InChI is InChI=1S/C15H20N4O2/c1-17-5-6-21-14-3-4-19(10-13(14)17)15(20)12-7-11(8-16)9-18(12)2/h7,9,13-14H,3-6,10H2,1-2H3. The number of rotatable bonds is 1. The number of morpholine rings is 1. The molecule has 1 aromatic rings. The first kappa shape index (κ1) is 14.1. The van der Waals surface area contributed by atoms with Gasteiger partial charge in [0.2, 0.25) is 0 Å². The van der Waals surface area contributed by atoms with E-state index in [1.807, 2.05) is 4.90 Å². The smallest absolute Gasteiger partial charge is 0.270 e. The van der Waals surface area contributed by atoms with Crippen LogP contribution in [0.4, 0.5) is 0 Å². The van der Waals surface area contributed by atoms with E-state index in [2.05, 4.69) is 18.0 Å². The molecule has 0 spiro atoms. The second kappa shape index (κ2) is 5.51. The Balaban J connectivity index is 1.76. The maximum absolute atomic E-state index is 12.7. The highest BCUT2D eigenvalue weighted by Crippen LogP contribution is 2.23. The zero-order chi connectivity index (χ0) is 15.0. The Morgan fingerprint density at radius 2 is 2.24 bits per heavy atom. The van der Waals surface area contributed by atoms with Crippen molar-refractivity contribution in [3.63, 3.8) is 0 Å². The number of ether oxygens (including phenoxy) is 1. The summed E-state index contributed by atoms with van der Waals surface area (Å²) in [5, 5.41) is 8.95. The number of nitrogens with zero attached hydrogens (tertiary/aromatic N) is 4. The van der Waals surface area contributed by atoms with E-state index in [-0.39, 0.29) is 18.1 Å². The molecule has 1 aromatic heterocycles. The van der Waals surface area contributed by atoms with Gasteiger partial charge in [-0.05, 0) is 19.5 Å². The second-order valence-corrected chi connectivity index (χ2v) is 5.83. The zero-order valence-electron chi connectivity index (χ0n) is 12.5. The van der Waals surface area contributed by atoms with Gasteiger partial charge in [0.05, 0.1) is 24.3 Å². The summed E-state index contributed by atoms with van der Waals surface area (Å²) in [6.07, 6.45) is 2.79. The molecule has 2 aliphatic heterocycles. The van der Waals surface area contributed by atoms with E-state index in [1.54, 1.807) is 23.9 Å². The van der Waals surface area contributed by atoms with Crippen LogP contribution in [-0.4, -0.2) is 65.7 Å². The third kappa shape index (κ3) is 2.55. The summed E-state index contributed by atoms with van der Waals surface area (Å²) in [7, 11) is 3.89. The first-order valence-electron chi connectivity index (χ1n) is 7.27. The number of nitriles is 1. The summed E-state index contributed by atoms with van der Waals surface area (Å²) >= 11 is 0. The topological polar surface area (TPSA) is 61.5 Å². The van der Waals surface area contributed by atoms with Crippen LogP contribution in [0.15, 0.2) is 12.3 Å². The van der Waals surface area contributed by atoms with Crippen molar-refractivity contribution >= 4 is 5.91 Å². The lowest BCUT2D eigenvalue weighted by atomic mass is 9.99. The summed E-state index contributed by atoms with van der Waals surface area (Å²) in [6, 6.07) is 4.01. The number of piperidine rings is 1. The number of amides is 1. The molecule has 2 aliphatic rings. The first-order valence-corrected chi connectivity index (χ1v) is 7.27. The van der Waals surface area contributed by atoms with Crippen molar-refractivity contribution in [1.82, 2.24) is 14.4 Å². The molecule has 112 valence electrons. The van der Waals surface area contributed by atoms with Crippen LogP contribution in [0, 0.1) is 11.3 Å². The minimum absolute atomic E-state index is 0.00331. The third-order valence-electron chi connectivity index (χ3n) is 4.50. The molecule has 0 aromatic carbocycles.